The van der Waals surface area contributed by atoms with E-state index >= 15 is 0 Å². The fraction of sp³-hybridized carbons (Fsp3) is 0.400. The maximum absolute atomic E-state index is 10.7. The molecule has 2 N–H and O–H groups in total. The SMILES string of the molecule is CCc1cn(S(N)(=O)=O)cn1. The Morgan fingerprint density at radius 2 is 2.36 bits per heavy atom. The molecule has 1 rings (SSSR count). The first-order valence-corrected chi connectivity index (χ1v) is 4.60. The third kappa shape index (κ3) is 1.78. The van der Waals surface area contributed by atoms with Gasteiger partial charge in [0.15, 0.2) is 0 Å². The van der Waals surface area contributed by atoms with Gasteiger partial charge in [-0.15, -0.1) is 0 Å². The zero-order valence-corrected chi connectivity index (χ0v) is 6.87. The molecule has 0 aliphatic carbocycles. The monoisotopic (exact) mass is 175 g/mol. The highest BCUT2D eigenvalue weighted by atomic mass is 32.2. The zero-order valence-electron chi connectivity index (χ0n) is 6.06. The van der Waals surface area contributed by atoms with E-state index in [1.54, 1.807) is 0 Å². The smallest absolute Gasteiger partial charge is 0.241 e. The van der Waals surface area contributed by atoms with Crippen molar-refractivity contribution in [3.05, 3.63) is 18.2 Å². The molecule has 0 fully saturated rings. The largest absolute Gasteiger partial charge is 0.303 e. The van der Waals surface area contributed by atoms with Crippen molar-refractivity contribution in [3.63, 3.8) is 0 Å². The van der Waals surface area contributed by atoms with Gasteiger partial charge in [-0.25, -0.2) is 14.1 Å². The lowest BCUT2D eigenvalue weighted by Gasteiger charge is -1.93. The number of aryl methyl sites for hydroxylation is 1. The van der Waals surface area contributed by atoms with Gasteiger partial charge < -0.3 is 0 Å². The summed E-state index contributed by atoms with van der Waals surface area (Å²) in [6, 6.07) is 0. The first kappa shape index (κ1) is 8.22. The van der Waals surface area contributed by atoms with Crippen molar-refractivity contribution in [2.45, 2.75) is 13.3 Å². The number of nitrogens with two attached hydrogens (primary N) is 1. The van der Waals surface area contributed by atoms with Crippen LogP contribution in [0.4, 0.5) is 0 Å². The zero-order chi connectivity index (χ0) is 8.48. The molecule has 0 aliphatic heterocycles. The van der Waals surface area contributed by atoms with E-state index in [9.17, 15) is 8.42 Å². The van der Waals surface area contributed by atoms with E-state index in [0.717, 1.165) is 3.97 Å². The van der Waals surface area contributed by atoms with Gasteiger partial charge in [-0.1, -0.05) is 6.92 Å². The summed E-state index contributed by atoms with van der Waals surface area (Å²) in [7, 11) is -3.64. The molecular formula is C5H9N3O2S. The molecule has 1 aromatic rings. The third-order valence-corrected chi connectivity index (χ3v) is 2.06. The molecule has 0 amide bonds. The van der Waals surface area contributed by atoms with Gasteiger partial charge >= 0.3 is 10.2 Å². The van der Waals surface area contributed by atoms with Crippen molar-refractivity contribution in [1.29, 1.82) is 0 Å². The molecule has 0 unspecified atom stereocenters. The van der Waals surface area contributed by atoms with E-state index < -0.39 is 10.2 Å². The molecule has 0 saturated carbocycles. The predicted molar refractivity (Wildman–Crippen MR) is 40.1 cm³/mol. The van der Waals surface area contributed by atoms with Gasteiger partial charge in [0, 0.05) is 6.20 Å². The molecule has 0 aliphatic rings. The second-order valence-corrected chi connectivity index (χ2v) is 3.55. The fourth-order valence-corrected chi connectivity index (χ4v) is 1.11. The molecule has 0 atom stereocenters. The van der Waals surface area contributed by atoms with Crippen LogP contribution in [0.2, 0.25) is 0 Å². The Morgan fingerprint density at radius 3 is 2.64 bits per heavy atom. The van der Waals surface area contributed by atoms with Crippen LogP contribution >= 0.6 is 0 Å². The Balaban J connectivity index is 3.09. The fourth-order valence-electron chi connectivity index (χ4n) is 0.666. The maximum atomic E-state index is 10.7. The van der Waals surface area contributed by atoms with Gasteiger partial charge in [-0.2, -0.15) is 8.42 Å². The molecule has 0 radical (unpaired) electrons. The second kappa shape index (κ2) is 2.63. The Hall–Kier alpha value is -0.880. The summed E-state index contributed by atoms with van der Waals surface area (Å²) >= 11 is 0. The number of hydrogen-bond donors (Lipinski definition) is 1. The average Bonchev–Trinajstić information content (AvgIpc) is 2.32. The minimum Gasteiger partial charge on any atom is -0.241 e. The van der Waals surface area contributed by atoms with Crippen LogP contribution in [0, 0.1) is 0 Å². The molecule has 1 aromatic heterocycles. The van der Waals surface area contributed by atoms with Crippen LogP contribution in [-0.4, -0.2) is 17.4 Å². The molecule has 0 saturated heterocycles. The molecule has 11 heavy (non-hydrogen) atoms. The Bertz CT molecular complexity index is 340. The highest BCUT2D eigenvalue weighted by molar-refractivity contribution is 7.87. The number of nitrogens with zero attached hydrogens (tertiary/aromatic N) is 2. The van der Waals surface area contributed by atoms with Crippen molar-refractivity contribution in [3.8, 4) is 0 Å². The van der Waals surface area contributed by atoms with Gasteiger partial charge in [-0.05, 0) is 6.42 Å². The lowest BCUT2D eigenvalue weighted by atomic mass is 10.4. The molecule has 0 bridgehead atoms. The van der Waals surface area contributed by atoms with Crippen molar-refractivity contribution >= 4 is 10.2 Å². The van der Waals surface area contributed by atoms with Crippen LogP contribution in [0.5, 0.6) is 0 Å². The van der Waals surface area contributed by atoms with Crippen LogP contribution in [0.25, 0.3) is 0 Å². The Kier molecular flexibility index (Phi) is 1.97. The molecule has 6 heteroatoms. The van der Waals surface area contributed by atoms with E-state index in [0.29, 0.717) is 12.1 Å². The van der Waals surface area contributed by atoms with Gasteiger partial charge in [-0.3, -0.25) is 0 Å². The summed E-state index contributed by atoms with van der Waals surface area (Å²) in [6.45, 7) is 1.88. The minimum absolute atomic E-state index is 0.697. The van der Waals surface area contributed by atoms with Crippen molar-refractivity contribution in [2.24, 2.45) is 5.14 Å². The molecular weight excluding hydrogens is 166 g/mol. The van der Waals surface area contributed by atoms with Crippen LogP contribution in [0.3, 0.4) is 0 Å². The quantitative estimate of drug-likeness (QED) is 0.658. The molecule has 1 heterocycles. The van der Waals surface area contributed by atoms with E-state index in [4.69, 9.17) is 5.14 Å². The topological polar surface area (TPSA) is 78.0 Å². The van der Waals surface area contributed by atoms with Gasteiger partial charge in [0.05, 0.1) is 5.69 Å². The highest BCUT2D eigenvalue weighted by Crippen LogP contribution is 1.97. The summed E-state index contributed by atoms with van der Waals surface area (Å²) < 4.78 is 22.2. The third-order valence-electron chi connectivity index (χ3n) is 1.27. The van der Waals surface area contributed by atoms with Crippen molar-refractivity contribution in [1.82, 2.24) is 8.96 Å². The summed E-state index contributed by atoms with van der Waals surface area (Å²) in [5.41, 5.74) is 0.707. The average molecular weight is 175 g/mol. The van der Waals surface area contributed by atoms with E-state index in [1.807, 2.05) is 6.92 Å². The number of hydrogen-bond acceptors (Lipinski definition) is 3. The number of imidazole rings is 1. The Morgan fingerprint density at radius 1 is 1.73 bits per heavy atom. The van der Waals surface area contributed by atoms with Crippen LogP contribution in [0.15, 0.2) is 12.5 Å². The van der Waals surface area contributed by atoms with Crippen molar-refractivity contribution in [2.75, 3.05) is 0 Å². The first-order chi connectivity index (χ1) is 5.04. The molecule has 62 valence electrons. The summed E-state index contributed by atoms with van der Waals surface area (Å²) in [5, 5.41) is 4.82. The summed E-state index contributed by atoms with van der Waals surface area (Å²) in [5.74, 6) is 0. The Labute approximate surface area is 65.0 Å². The lowest BCUT2D eigenvalue weighted by molar-refractivity contribution is 0.589. The minimum atomic E-state index is -3.64. The number of rotatable bonds is 2. The number of aromatic nitrogens is 2. The second-order valence-electron chi connectivity index (χ2n) is 2.09. The molecule has 5 nitrogen and oxygen atoms in total. The standard InChI is InChI=1S/C5H9N3O2S/c1-2-5-3-8(4-7-5)11(6,9)10/h3-4H,2H2,1H3,(H2,6,9,10). The lowest BCUT2D eigenvalue weighted by Crippen LogP contribution is -2.20. The van der Waals surface area contributed by atoms with Crippen LogP contribution in [0.1, 0.15) is 12.6 Å². The summed E-state index contributed by atoms with van der Waals surface area (Å²) in [6.07, 6.45) is 3.28. The normalized spacial score (nSPS) is 11.8. The van der Waals surface area contributed by atoms with Gasteiger partial charge in [0.1, 0.15) is 6.33 Å². The van der Waals surface area contributed by atoms with Crippen LogP contribution < -0.4 is 5.14 Å². The van der Waals surface area contributed by atoms with Gasteiger partial charge in [0.2, 0.25) is 0 Å². The van der Waals surface area contributed by atoms with E-state index in [-0.39, 0.29) is 0 Å². The van der Waals surface area contributed by atoms with Crippen molar-refractivity contribution < 1.29 is 8.42 Å². The molecule has 0 aromatic carbocycles. The van der Waals surface area contributed by atoms with Crippen LogP contribution in [-0.2, 0) is 16.6 Å². The molecule has 0 spiro atoms. The summed E-state index contributed by atoms with van der Waals surface area (Å²) in [4.78, 5) is 3.80. The predicted octanol–water partition coefficient (Wildman–Crippen LogP) is -0.503. The maximum Gasteiger partial charge on any atom is 0.303 e. The highest BCUT2D eigenvalue weighted by Gasteiger charge is 2.05. The van der Waals surface area contributed by atoms with E-state index in [1.165, 1.54) is 12.5 Å². The van der Waals surface area contributed by atoms with E-state index in [2.05, 4.69) is 4.98 Å². The van der Waals surface area contributed by atoms with Gasteiger partial charge in [0.25, 0.3) is 0 Å². The first-order valence-electron chi connectivity index (χ1n) is 3.10.